The lowest BCUT2D eigenvalue weighted by Gasteiger charge is -2.55. The fourth-order valence-corrected chi connectivity index (χ4v) is 5.32. The molecule has 4 aliphatic rings. The largest absolute Gasteiger partial charge is 0.355 e. The Hall–Kier alpha value is -1.10. The molecule has 5 nitrogen and oxygen atoms in total. The lowest BCUT2D eigenvalue weighted by molar-refractivity contribution is -0.146. The van der Waals surface area contributed by atoms with E-state index in [1.165, 1.54) is 19.3 Å². The molecule has 4 fully saturated rings. The van der Waals surface area contributed by atoms with Crippen molar-refractivity contribution in [2.24, 2.45) is 23.2 Å². The third-order valence-electron chi connectivity index (χ3n) is 6.26. The zero-order valence-electron chi connectivity index (χ0n) is 14.5. The SMILES string of the molecule is CNC(C)CNC(=O)CCNC(=O)C12CC3CC(CC(C3)C1)C2. The molecule has 0 aromatic rings. The Morgan fingerprint density at radius 3 is 2.13 bits per heavy atom. The van der Waals surface area contributed by atoms with Gasteiger partial charge in [0.15, 0.2) is 0 Å². The van der Waals surface area contributed by atoms with Crippen molar-refractivity contribution in [2.45, 2.75) is 57.9 Å². The molecule has 4 saturated carbocycles. The third kappa shape index (κ3) is 3.70. The summed E-state index contributed by atoms with van der Waals surface area (Å²) in [5, 5.41) is 9.03. The van der Waals surface area contributed by atoms with Gasteiger partial charge in [0.2, 0.25) is 11.8 Å². The summed E-state index contributed by atoms with van der Waals surface area (Å²) in [6.07, 6.45) is 7.65. The second-order valence-electron chi connectivity index (χ2n) is 8.20. The highest BCUT2D eigenvalue weighted by Gasteiger charge is 2.54. The molecule has 0 aromatic carbocycles. The van der Waals surface area contributed by atoms with Crippen LogP contribution in [0.3, 0.4) is 0 Å². The molecule has 2 amide bonds. The number of hydrogen-bond donors (Lipinski definition) is 3. The minimum Gasteiger partial charge on any atom is -0.355 e. The number of carbonyl (C=O) groups is 2. The predicted molar refractivity (Wildman–Crippen MR) is 89.8 cm³/mol. The number of carbonyl (C=O) groups excluding carboxylic acids is 2. The van der Waals surface area contributed by atoms with E-state index in [4.69, 9.17) is 0 Å². The van der Waals surface area contributed by atoms with E-state index in [1.807, 2.05) is 14.0 Å². The minimum atomic E-state index is -0.105. The molecule has 4 bridgehead atoms. The highest BCUT2D eigenvalue weighted by molar-refractivity contribution is 5.84. The van der Waals surface area contributed by atoms with Crippen LogP contribution in [0, 0.1) is 23.2 Å². The molecule has 1 atom stereocenters. The molecule has 4 aliphatic carbocycles. The summed E-state index contributed by atoms with van der Waals surface area (Å²) in [4.78, 5) is 24.5. The van der Waals surface area contributed by atoms with Crippen LogP contribution in [0.5, 0.6) is 0 Å². The first kappa shape index (κ1) is 16.7. The number of hydrogen-bond acceptors (Lipinski definition) is 3. The summed E-state index contributed by atoms with van der Waals surface area (Å²) in [6, 6.07) is 0.264. The van der Waals surface area contributed by atoms with Gasteiger partial charge in [-0.1, -0.05) is 0 Å². The van der Waals surface area contributed by atoms with Crippen molar-refractivity contribution in [2.75, 3.05) is 20.1 Å². The number of rotatable bonds is 7. The first-order valence-corrected chi connectivity index (χ1v) is 9.23. The molecule has 4 rings (SSSR count). The number of nitrogens with one attached hydrogen (secondary N) is 3. The van der Waals surface area contributed by atoms with Crippen LogP contribution < -0.4 is 16.0 Å². The van der Waals surface area contributed by atoms with E-state index in [0.29, 0.717) is 19.5 Å². The molecule has 130 valence electrons. The highest BCUT2D eigenvalue weighted by atomic mass is 16.2. The Bertz CT molecular complexity index is 428. The Morgan fingerprint density at radius 2 is 1.61 bits per heavy atom. The van der Waals surface area contributed by atoms with Crippen LogP contribution in [0.25, 0.3) is 0 Å². The van der Waals surface area contributed by atoms with Gasteiger partial charge in [-0.3, -0.25) is 9.59 Å². The monoisotopic (exact) mass is 321 g/mol. The van der Waals surface area contributed by atoms with Crippen molar-refractivity contribution in [3.8, 4) is 0 Å². The smallest absolute Gasteiger partial charge is 0.226 e. The Labute approximate surface area is 139 Å². The van der Waals surface area contributed by atoms with Crippen LogP contribution in [-0.2, 0) is 9.59 Å². The van der Waals surface area contributed by atoms with E-state index in [9.17, 15) is 9.59 Å². The van der Waals surface area contributed by atoms with Crippen LogP contribution in [0.1, 0.15) is 51.9 Å². The van der Waals surface area contributed by atoms with Gasteiger partial charge in [0.05, 0.1) is 0 Å². The topological polar surface area (TPSA) is 70.2 Å². The Balaban J connectivity index is 1.42. The van der Waals surface area contributed by atoms with Crippen molar-refractivity contribution in [1.29, 1.82) is 0 Å². The lowest BCUT2D eigenvalue weighted by Crippen LogP contribution is -2.53. The molecule has 3 N–H and O–H groups in total. The molecular weight excluding hydrogens is 290 g/mol. The van der Waals surface area contributed by atoms with Crippen LogP contribution >= 0.6 is 0 Å². The van der Waals surface area contributed by atoms with Crippen molar-refractivity contribution >= 4 is 11.8 Å². The molecule has 0 aromatic heterocycles. The zero-order valence-corrected chi connectivity index (χ0v) is 14.5. The second-order valence-corrected chi connectivity index (χ2v) is 8.20. The molecule has 0 spiro atoms. The van der Waals surface area contributed by atoms with E-state index in [-0.39, 0.29) is 23.3 Å². The minimum absolute atomic E-state index is 0.0120. The van der Waals surface area contributed by atoms with Gasteiger partial charge in [-0.25, -0.2) is 0 Å². The summed E-state index contributed by atoms with van der Waals surface area (Å²) in [5.74, 6) is 2.56. The van der Waals surface area contributed by atoms with Gasteiger partial charge in [-0.05, 0) is 70.3 Å². The van der Waals surface area contributed by atoms with E-state index in [0.717, 1.165) is 37.0 Å². The zero-order chi connectivity index (χ0) is 16.4. The number of amides is 2. The standard InChI is InChI=1S/C18H31N3O2/c1-12(19-2)11-21-16(22)3-4-20-17(23)18-8-13-5-14(9-18)7-15(6-13)10-18/h12-15,19H,3-11H2,1-2H3,(H,20,23)(H,21,22). The molecule has 0 saturated heterocycles. The fraction of sp³-hybridized carbons (Fsp3) is 0.889. The summed E-state index contributed by atoms with van der Waals surface area (Å²) in [5.41, 5.74) is -0.105. The van der Waals surface area contributed by atoms with E-state index in [2.05, 4.69) is 16.0 Å². The van der Waals surface area contributed by atoms with Crippen molar-refractivity contribution in [3.63, 3.8) is 0 Å². The van der Waals surface area contributed by atoms with E-state index in [1.54, 1.807) is 0 Å². The molecule has 0 aliphatic heterocycles. The average molecular weight is 321 g/mol. The van der Waals surface area contributed by atoms with Crippen LogP contribution in [-0.4, -0.2) is 38.0 Å². The normalized spacial score (nSPS) is 35.8. The van der Waals surface area contributed by atoms with Gasteiger partial charge < -0.3 is 16.0 Å². The van der Waals surface area contributed by atoms with Crippen LogP contribution in [0.4, 0.5) is 0 Å². The Kier molecular flexibility index (Phi) is 4.95. The first-order chi connectivity index (χ1) is 11.0. The average Bonchev–Trinajstić information content (AvgIpc) is 2.51. The summed E-state index contributed by atoms with van der Waals surface area (Å²) < 4.78 is 0. The van der Waals surface area contributed by atoms with Crippen molar-refractivity contribution in [3.05, 3.63) is 0 Å². The molecule has 23 heavy (non-hydrogen) atoms. The van der Waals surface area contributed by atoms with Gasteiger partial charge in [0.25, 0.3) is 0 Å². The van der Waals surface area contributed by atoms with E-state index >= 15 is 0 Å². The Morgan fingerprint density at radius 1 is 1.04 bits per heavy atom. The fourth-order valence-electron chi connectivity index (χ4n) is 5.32. The van der Waals surface area contributed by atoms with Crippen molar-refractivity contribution < 1.29 is 9.59 Å². The lowest BCUT2D eigenvalue weighted by atomic mass is 9.49. The van der Waals surface area contributed by atoms with Crippen LogP contribution in [0.15, 0.2) is 0 Å². The summed E-state index contributed by atoms with van der Waals surface area (Å²) >= 11 is 0. The maximum Gasteiger partial charge on any atom is 0.226 e. The van der Waals surface area contributed by atoms with Crippen molar-refractivity contribution in [1.82, 2.24) is 16.0 Å². The molecule has 0 radical (unpaired) electrons. The van der Waals surface area contributed by atoms with Gasteiger partial charge in [-0.2, -0.15) is 0 Å². The predicted octanol–water partition coefficient (Wildman–Crippen LogP) is 1.43. The highest BCUT2D eigenvalue weighted by Crippen LogP contribution is 2.60. The number of likely N-dealkylation sites (N-methyl/N-ethyl adjacent to an activating group) is 1. The third-order valence-corrected chi connectivity index (χ3v) is 6.26. The first-order valence-electron chi connectivity index (χ1n) is 9.23. The van der Waals surface area contributed by atoms with Gasteiger partial charge in [0.1, 0.15) is 0 Å². The van der Waals surface area contributed by atoms with Gasteiger partial charge in [-0.15, -0.1) is 0 Å². The molecule has 1 unspecified atom stereocenters. The molecule has 5 heteroatoms. The van der Waals surface area contributed by atoms with Gasteiger partial charge >= 0.3 is 0 Å². The maximum absolute atomic E-state index is 12.7. The second kappa shape index (κ2) is 6.80. The molecular formula is C18H31N3O2. The maximum atomic E-state index is 12.7. The quantitative estimate of drug-likeness (QED) is 0.664. The van der Waals surface area contributed by atoms with E-state index < -0.39 is 0 Å². The van der Waals surface area contributed by atoms with Gasteiger partial charge in [0, 0.05) is 31.0 Å². The molecule has 0 heterocycles. The summed E-state index contributed by atoms with van der Waals surface area (Å²) in [7, 11) is 1.88. The summed E-state index contributed by atoms with van der Waals surface area (Å²) in [6.45, 7) is 3.10. The van der Waals surface area contributed by atoms with Crippen LogP contribution in [0.2, 0.25) is 0 Å².